The van der Waals surface area contributed by atoms with Crippen LogP contribution < -0.4 is 0 Å². The summed E-state index contributed by atoms with van der Waals surface area (Å²) in [6, 6.07) is 5.37. The Morgan fingerprint density at radius 2 is 1.81 bits per heavy atom. The minimum absolute atomic E-state index is 0.0445. The first-order valence-electron chi connectivity index (χ1n) is 4.89. The van der Waals surface area contributed by atoms with Crippen molar-refractivity contribution < 1.29 is 23.0 Å². The van der Waals surface area contributed by atoms with Crippen LogP contribution in [0.4, 0.5) is 13.2 Å². The molecule has 16 heavy (non-hydrogen) atoms. The second-order valence-corrected chi connectivity index (χ2v) is 3.32. The molecule has 0 amide bonds. The number of rotatable bonds is 6. The topological polar surface area (TPSA) is 29.5 Å². The maximum Gasteiger partial charge on any atom is 0.261 e. The molecule has 0 aliphatic carbocycles. The molecular weight excluding hydrogens is 221 g/mol. The fourth-order valence-electron chi connectivity index (χ4n) is 1.22. The Kier molecular flexibility index (Phi) is 5.28. The first-order valence-corrected chi connectivity index (χ1v) is 4.89. The van der Waals surface area contributed by atoms with E-state index in [0.29, 0.717) is 5.56 Å². The zero-order valence-corrected chi connectivity index (χ0v) is 8.57. The van der Waals surface area contributed by atoms with Crippen molar-refractivity contribution in [2.75, 3.05) is 13.2 Å². The lowest BCUT2D eigenvalue weighted by molar-refractivity contribution is 0.00481. The van der Waals surface area contributed by atoms with Gasteiger partial charge in [0.1, 0.15) is 12.4 Å². The van der Waals surface area contributed by atoms with E-state index in [1.54, 1.807) is 0 Å². The van der Waals surface area contributed by atoms with Crippen LogP contribution in [0.15, 0.2) is 24.3 Å². The zero-order chi connectivity index (χ0) is 12.0. The highest BCUT2D eigenvalue weighted by atomic mass is 19.3. The summed E-state index contributed by atoms with van der Waals surface area (Å²) in [6.07, 6.45) is -3.11. The third-order valence-corrected chi connectivity index (χ3v) is 2.03. The van der Waals surface area contributed by atoms with Crippen LogP contribution in [0.3, 0.4) is 0 Å². The van der Waals surface area contributed by atoms with Crippen molar-refractivity contribution in [1.29, 1.82) is 0 Å². The van der Waals surface area contributed by atoms with Gasteiger partial charge < -0.3 is 9.84 Å². The summed E-state index contributed by atoms with van der Waals surface area (Å²) in [5.41, 5.74) is 0.544. The average molecular weight is 234 g/mol. The molecule has 1 atom stereocenters. The van der Waals surface area contributed by atoms with Gasteiger partial charge in [0, 0.05) is 13.0 Å². The highest BCUT2D eigenvalue weighted by Crippen LogP contribution is 2.16. The van der Waals surface area contributed by atoms with Crippen molar-refractivity contribution in [2.24, 2.45) is 0 Å². The molecule has 1 aromatic rings. The number of ether oxygens (including phenoxy) is 1. The number of alkyl halides is 2. The molecule has 0 radical (unpaired) electrons. The molecule has 1 aromatic carbocycles. The van der Waals surface area contributed by atoms with Gasteiger partial charge in [-0.1, -0.05) is 12.1 Å². The molecule has 2 nitrogen and oxygen atoms in total. The van der Waals surface area contributed by atoms with E-state index >= 15 is 0 Å². The summed E-state index contributed by atoms with van der Waals surface area (Å²) in [5.74, 6) is -0.384. The molecule has 1 N–H and O–H groups in total. The van der Waals surface area contributed by atoms with Gasteiger partial charge in [0.05, 0.1) is 6.10 Å². The molecule has 5 heteroatoms. The molecule has 0 aliphatic heterocycles. The zero-order valence-electron chi connectivity index (χ0n) is 8.57. The fraction of sp³-hybridized carbons (Fsp3) is 0.455. The van der Waals surface area contributed by atoms with Gasteiger partial charge in [-0.05, 0) is 17.7 Å². The van der Waals surface area contributed by atoms with Gasteiger partial charge in [-0.2, -0.15) is 0 Å². The maximum absolute atomic E-state index is 12.6. The minimum atomic E-state index is -2.50. The first kappa shape index (κ1) is 13.0. The largest absolute Gasteiger partial charge is 0.388 e. The maximum atomic E-state index is 12.6. The second kappa shape index (κ2) is 6.50. The summed E-state index contributed by atoms with van der Waals surface area (Å²) < 4.78 is 40.6. The Morgan fingerprint density at radius 3 is 2.38 bits per heavy atom. The molecule has 0 saturated heterocycles. The SMILES string of the molecule is OC(CCOCC(F)F)c1ccc(F)cc1. The van der Waals surface area contributed by atoms with Crippen LogP contribution in [0.1, 0.15) is 18.1 Å². The van der Waals surface area contributed by atoms with E-state index in [2.05, 4.69) is 4.74 Å². The van der Waals surface area contributed by atoms with Crippen molar-refractivity contribution >= 4 is 0 Å². The Morgan fingerprint density at radius 1 is 1.19 bits per heavy atom. The molecule has 0 spiro atoms. The van der Waals surface area contributed by atoms with E-state index in [1.165, 1.54) is 24.3 Å². The Bertz CT molecular complexity index is 301. The molecule has 0 bridgehead atoms. The summed E-state index contributed by atoms with van der Waals surface area (Å²) in [4.78, 5) is 0. The number of hydrogen-bond acceptors (Lipinski definition) is 2. The number of halogens is 3. The lowest BCUT2D eigenvalue weighted by Gasteiger charge is -2.11. The van der Waals surface area contributed by atoms with E-state index in [1.807, 2.05) is 0 Å². The Balaban J connectivity index is 2.29. The van der Waals surface area contributed by atoms with Crippen molar-refractivity contribution in [2.45, 2.75) is 19.0 Å². The van der Waals surface area contributed by atoms with E-state index in [4.69, 9.17) is 0 Å². The predicted molar refractivity (Wildman–Crippen MR) is 52.8 cm³/mol. The van der Waals surface area contributed by atoms with Gasteiger partial charge in [-0.25, -0.2) is 13.2 Å². The second-order valence-electron chi connectivity index (χ2n) is 3.32. The number of hydrogen-bond donors (Lipinski definition) is 1. The summed E-state index contributed by atoms with van der Waals surface area (Å²) in [7, 11) is 0. The van der Waals surface area contributed by atoms with Crippen LogP contribution >= 0.6 is 0 Å². The van der Waals surface area contributed by atoms with Gasteiger partial charge in [-0.3, -0.25) is 0 Å². The van der Waals surface area contributed by atoms with E-state index in [-0.39, 0.29) is 18.8 Å². The third-order valence-electron chi connectivity index (χ3n) is 2.03. The Hall–Kier alpha value is -1.07. The van der Waals surface area contributed by atoms with E-state index in [0.717, 1.165) is 0 Å². The van der Waals surface area contributed by atoms with Crippen molar-refractivity contribution in [3.05, 3.63) is 35.6 Å². The van der Waals surface area contributed by atoms with Gasteiger partial charge >= 0.3 is 0 Å². The molecule has 0 aliphatic rings. The summed E-state index contributed by atoms with van der Waals surface area (Å²) in [5, 5.41) is 9.59. The molecule has 0 aromatic heterocycles. The van der Waals surface area contributed by atoms with E-state index in [9.17, 15) is 18.3 Å². The molecule has 0 saturated carbocycles. The van der Waals surface area contributed by atoms with Crippen molar-refractivity contribution in [3.63, 3.8) is 0 Å². The predicted octanol–water partition coefficient (Wildman–Crippen LogP) is 2.53. The van der Waals surface area contributed by atoms with Gasteiger partial charge in [0.15, 0.2) is 0 Å². The molecule has 1 unspecified atom stereocenters. The van der Waals surface area contributed by atoms with Crippen molar-refractivity contribution in [3.8, 4) is 0 Å². The summed E-state index contributed by atoms with van der Waals surface area (Å²) in [6.45, 7) is -0.584. The van der Waals surface area contributed by atoms with Crippen LogP contribution in [0, 0.1) is 5.82 Å². The van der Waals surface area contributed by atoms with E-state index < -0.39 is 19.1 Å². The highest BCUT2D eigenvalue weighted by Gasteiger charge is 2.08. The van der Waals surface area contributed by atoms with Gasteiger partial charge in [-0.15, -0.1) is 0 Å². The van der Waals surface area contributed by atoms with Crippen LogP contribution in [-0.4, -0.2) is 24.7 Å². The normalized spacial score (nSPS) is 13.1. The minimum Gasteiger partial charge on any atom is -0.388 e. The molecule has 90 valence electrons. The lowest BCUT2D eigenvalue weighted by atomic mass is 10.1. The quantitative estimate of drug-likeness (QED) is 0.766. The smallest absolute Gasteiger partial charge is 0.261 e. The molecular formula is C11H13F3O2. The van der Waals surface area contributed by atoms with Crippen LogP contribution in [0.25, 0.3) is 0 Å². The van der Waals surface area contributed by atoms with Crippen LogP contribution in [0.5, 0.6) is 0 Å². The average Bonchev–Trinajstić information content (AvgIpc) is 2.25. The Labute approximate surface area is 91.7 Å². The monoisotopic (exact) mass is 234 g/mol. The number of benzene rings is 1. The van der Waals surface area contributed by atoms with Gasteiger partial charge in [0.25, 0.3) is 6.43 Å². The number of aliphatic hydroxyl groups excluding tert-OH is 1. The highest BCUT2D eigenvalue weighted by molar-refractivity contribution is 5.18. The molecule has 1 rings (SSSR count). The lowest BCUT2D eigenvalue weighted by Crippen LogP contribution is -2.08. The fourth-order valence-corrected chi connectivity index (χ4v) is 1.22. The van der Waals surface area contributed by atoms with Crippen LogP contribution in [0.2, 0.25) is 0 Å². The molecule has 0 heterocycles. The van der Waals surface area contributed by atoms with Gasteiger partial charge in [0.2, 0.25) is 0 Å². The number of aliphatic hydroxyl groups is 1. The first-order chi connectivity index (χ1) is 7.59. The summed E-state index contributed by atoms with van der Waals surface area (Å²) >= 11 is 0. The third kappa shape index (κ3) is 4.63. The van der Waals surface area contributed by atoms with Crippen molar-refractivity contribution in [1.82, 2.24) is 0 Å². The van der Waals surface area contributed by atoms with Crippen LogP contribution in [-0.2, 0) is 4.74 Å². The molecule has 0 fully saturated rings. The standard InChI is InChI=1S/C11H13F3O2/c12-9-3-1-8(2-4-9)10(15)5-6-16-7-11(13)14/h1-4,10-11,15H,5-7H2.